The fourth-order valence-corrected chi connectivity index (χ4v) is 3.84. The van der Waals surface area contributed by atoms with Crippen LogP contribution in [0.15, 0.2) is 47.6 Å². The predicted octanol–water partition coefficient (Wildman–Crippen LogP) is 3.26. The number of amides is 2. The summed E-state index contributed by atoms with van der Waals surface area (Å²) in [5.74, 6) is 0.607. The van der Waals surface area contributed by atoms with Gasteiger partial charge in [0.25, 0.3) is 11.6 Å². The van der Waals surface area contributed by atoms with Crippen LogP contribution in [0.4, 0.5) is 11.4 Å². The quantitative estimate of drug-likeness (QED) is 0.268. The van der Waals surface area contributed by atoms with Crippen LogP contribution >= 0.6 is 11.8 Å². The van der Waals surface area contributed by atoms with Gasteiger partial charge < -0.3 is 19.9 Å². The number of benzene rings is 2. The van der Waals surface area contributed by atoms with Crippen molar-refractivity contribution in [3.63, 3.8) is 0 Å². The summed E-state index contributed by atoms with van der Waals surface area (Å²) < 4.78 is 6.80. The molecule has 0 aliphatic rings. The highest BCUT2D eigenvalue weighted by molar-refractivity contribution is 7.99. The van der Waals surface area contributed by atoms with Crippen molar-refractivity contribution in [2.24, 2.45) is 7.05 Å². The van der Waals surface area contributed by atoms with Crippen molar-refractivity contribution in [2.45, 2.75) is 25.0 Å². The number of rotatable bonds is 9. The SMILES string of the molecule is COc1ccc(C(=O)NC(C)c2nnc(SCC(=O)Nc3ccc(C)c([N+](=O)[O-])c3)n2C)cc1. The molecule has 178 valence electrons. The van der Waals surface area contributed by atoms with E-state index in [1.807, 2.05) is 0 Å². The lowest BCUT2D eigenvalue weighted by Gasteiger charge is -2.14. The Labute approximate surface area is 200 Å². The summed E-state index contributed by atoms with van der Waals surface area (Å²) >= 11 is 1.16. The van der Waals surface area contributed by atoms with Crippen molar-refractivity contribution < 1.29 is 19.2 Å². The second-order valence-corrected chi connectivity index (χ2v) is 8.36. The molecular weight excluding hydrogens is 460 g/mol. The van der Waals surface area contributed by atoms with Gasteiger partial charge in [0.15, 0.2) is 11.0 Å². The monoisotopic (exact) mass is 484 g/mol. The highest BCUT2D eigenvalue weighted by Gasteiger charge is 2.19. The van der Waals surface area contributed by atoms with E-state index in [4.69, 9.17) is 4.74 Å². The van der Waals surface area contributed by atoms with Gasteiger partial charge in [0, 0.05) is 29.9 Å². The Morgan fingerprint density at radius 2 is 1.91 bits per heavy atom. The molecule has 1 unspecified atom stereocenters. The number of aryl methyl sites for hydroxylation is 1. The summed E-state index contributed by atoms with van der Waals surface area (Å²) in [7, 11) is 3.30. The lowest BCUT2D eigenvalue weighted by molar-refractivity contribution is -0.385. The first kappa shape index (κ1) is 24.7. The zero-order chi connectivity index (χ0) is 24.8. The summed E-state index contributed by atoms with van der Waals surface area (Å²) in [6.45, 7) is 3.42. The van der Waals surface area contributed by atoms with Crippen molar-refractivity contribution >= 4 is 35.0 Å². The second-order valence-electron chi connectivity index (χ2n) is 7.42. The molecule has 0 aliphatic carbocycles. The smallest absolute Gasteiger partial charge is 0.274 e. The minimum Gasteiger partial charge on any atom is -0.497 e. The number of nitro benzene ring substituents is 1. The van der Waals surface area contributed by atoms with Crippen LogP contribution in [0.1, 0.15) is 34.7 Å². The van der Waals surface area contributed by atoms with Gasteiger partial charge in [-0.25, -0.2) is 0 Å². The average molecular weight is 485 g/mol. The molecule has 3 aromatic rings. The largest absolute Gasteiger partial charge is 0.497 e. The maximum atomic E-state index is 12.5. The molecule has 0 bridgehead atoms. The molecule has 0 saturated carbocycles. The van der Waals surface area contributed by atoms with Crippen LogP contribution in [-0.4, -0.2) is 44.4 Å². The molecule has 0 aliphatic heterocycles. The second kappa shape index (κ2) is 10.8. The van der Waals surface area contributed by atoms with Gasteiger partial charge in [0.1, 0.15) is 5.75 Å². The zero-order valence-corrected chi connectivity index (χ0v) is 19.9. The Hall–Kier alpha value is -3.93. The number of aromatic nitrogens is 3. The Bertz CT molecular complexity index is 1210. The van der Waals surface area contributed by atoms with E-state index in [1.165, 1.54) is 6.07 Å². The number of ether oxygens (including phenoxy) is 1. The van der Waals surface area contributed by atoms with Crippen molar-refractivity contribution in [2.75, 3.05) is 18.2 Å². The van der Waals surface area contributed by atoms with Gasteiger partial charge in [-0.1, -0.05) is 17.8 Å². The third kappa shape index (κ3) is 5.90. The van der Waals surface area contributed by atoms with Gasteiger partial charge in [-0.2, -0.15) is 0 Å². The first-order valence-electron chi connectivity index (χ1n) is 10.2. The molecule has 0 fully saturated rings. The van der Waals surface area contributed by atoms with Gasteiger partial charge in [-0.3, -0.25) is 19.7 Å². The third-order valence-electron chi connectivity index (χ3n) is 4.98. The molecule has 12 heteroatoms. The number of hydrogen-bond donors (Lipinski definition) is 2. The molecule has 1 heterocycles. The number of nitrogens with one attached hydrogen (secondary N) is 2. The first-order chi connectivity index (χ1) is 16.2. The minimum atomic E-state index is -0.491. The summed E-state index contributed by atoms with van der Waals surface area (Å²) in [4.78, 5) is 35.4. The van der Waals surface area contributed by atoms with Crippen LogP contribution in [0.3, 0.4) is 0 Å². The van der Waals surface area contributed by atoms with Crippen LogP contribution in [0, 0.1) is 17.0 Å². The number of hydrogen-bond acceptors (Lipinski definition) is 8. The van der Waals surface area contributed by atoms with Crippen LogP contribution in [0.2, 0.25) is 0 Å². The van der Waals surface area contributed by atoms with Gasteiger partial charge >= 0.3 is 0 Å². The van der Waals surface area contributed by atoms with Gasteiger partial charge in [0.2, 0.25) is 5.91 Å². The zero-order valence-electron chi connectivity index (χ0n) is 19.1. The molecule has 0 spiro atoms. The maximum Gasteiger partial charge on any atom is 0.274 e. The van der Waals surface area contributed by atoms with E-state index < -0.39 is 11.0 Å². The number of thioether (sulfide) groups is 1. The molecule has 1 atom stereocenters. The summed E-state index contributed by atoms with van der Waals surface area (Å²) in [6.07, 6.45) is 0. The molecule has 2 amide bonds. The third-order valence-corrected chi connectivity index (χ3v) is 6.00. The van der Waals surface area contributed by atoms with E-state index in [2.05, 4.69) is 20.8 Å². The number of carbonyl (C=O) groups is 2. The van der Waals surface area contributed by atoms with Gasteiger partial charge in [0.05, 0.1) is 23.8 Å². The van der Waals surface area contributed by atoms with E-state index >= 15 is 0 Å². The Morgan fingerprint density at radius 1 is 1.21 bits per heavy atom. The molecule has 11 nitrogen and oxygen atoms in total. The number of anilines is 1. The lowest BCUT2D eigenvalue weighted by Crippen LogP contribution is -2.28. The minimum absolute atomic E-state index is 0.0280. The van der Waals surface area contributed by atoms with E-state index in [0.29, 0.717) is 33.5 Å². The van der Waals surface area contributed by atoms with Crippen LogP contribution in [-0.2, 0) is 11.8 Å². The lowest BCUT2D eigenvalue weighted by atomic mass is 10.2. The van der Waals surface area contributed by atoms with E-state index in [-0.39, 0.29) is 23.3 Å². The van der Waals surface area contributed by atoms with Crippen molar-refractivity contribution in [3.8, 4) is 5.75 Å². The van der Waals surface area contributed by atoms with E-state index in [9.17, 15) is 19.7 Å². The number of carbonyl (C=O) groups excluding carboxylic acids is 2. The highest BCUT2D eigenvalue weighted by Crippen LogP contribution is 2.23. The normalized spacial score (nSPS) is 11.5. The molecule has 3 rings (SSSR count). The number of methoxy groups -OCH3 is 1. The molecular formula is C22H24N6O5S. The summed E-state index contributed by atoms with van der Waals surface area (Å²) in [5, 5.41) is 25.3. The number of nitro groups is 1. The first-order valence-corrected chi connectivity index (χ1v) is 11.2. The molecule has 0 saturated heterocycles. The molecule has 0 radical (unpaired) electrons. The Morgan fingerprint density at radius 3 is 2.56 bits per heavy atom. The number of nitrogens with zero attached hydrogens (tertiary/aromatic N) is 4. The van der Waals surface area contributed by atoms with E-state index in [0.717, 1.165) is 11.8 Å². The van der Waals surface area contributed by atoms with Crippen molar-refractivity contribution in [3.05, 3.63) is 69.5 Å². The van der Waals surface area contributed by atoms with Gasteiger partial charge in [-0.05, 0) is 44.2 Å². The van der Waals surface area contributed by atoms with Crippen molar-refractivity contribution in [1.82, 2.24) is 20.1 Å². The van der Waals surface area contributed by atoms with Gasteiger partial charge in [-0.15, -0.1) is 10.2 Å². The standard InChI is InChI=1S/C22H24N6O5S/c1-13-5-8-16(11-18(13)28(31)32)24-19(29)12-34-22-26-25-20(27(22)3)14(2)23-21(30)15-6-9-17(33-4)10-7-15/h5-11,14H,12H2,1-4H3,(H,23,30)(H,24,29). The van der Waals surface area contributed by atoms with Crippen LogP contribution in [0.25, 0.3) is 0 Å². The molecule has 1 aromatic heterocycles. The maximum absolute atomic E-state index is 12.5. The predicted molar refractivity (Wildman–Crippen MR) is 127 cm³/mol. The highest BCUT2D eigenvalue weighted by atomic mass is 32.2. The van der Waals surface area contributed by atoms with Crippen LogP contribution in [0.5, 0.6) is 5.75 Å². The average Bonchev–Trinajstić information content (AvgIpc) is 3.19. The molecule has 2 aromatic carbocycles. The van der Waals surface area contributed by atoms with E-state index in [1.54, 1.807) is 69.0 Å². The Balaban J connectivity index is 1.58. The molecule has 2 N–H and O–H groups in total. The van der Waals surface area contributed by atoms with Crippen molar-refractivity contribution in [1.29, 1.82) is 0 Å². The fraction of sp³-hybridized carbons (Fsp3) is 0.273. The summed E-state index contributed by atoms with van der Waals surface area (Å²) in [5.41, 5.74) is 1.28. The van der Waals surface area contributed by atoms with Crippen LogP contribution < -0.4 is 15.4 Å². The topological polar surface area (TPSA) is 141 Å². The fourth-order valence-electron chi connectivity index (χ4n) is 3.13. The Kier molecular flexibility index (Phi) is 7.84. The summed E-state index contributed by atoms with van der Waals surface area (Å²) in [6, 6.07) is 10.8. The molecule has 34 heavy (non-hydrogen) atoms.